The van der Waals surface area contributed by atoms with Gasteiger partial charge in [0.1, 0.15) is 4.88 Å². The molecular formula is C17H20N2O4S2. The molecule has 0 spiro atoms. The Hall–Kier alpha value is -1.90. The van der Waals surface area contributed by atoms with E-state index in [-0.39, 0.29) is 0 Å². The lowest BCUT2D eigenvalue weighted by molar-refractivity contribution is 0.0702. The molecule has 1 aliphatic heterocycles. The Morgan fingerprint density at radius 1 is 1.32 bits per heavy atom. The maximum absolute atomic E-state index is 12.6. The van der Waals surface area contributed by atoms with Crippen LogP contribution < -0.4 is 4.72 Å². The van der Waals surface area contributed by atoms with E-state index >= 15 is 0 Å². The molecule has 0 bridgehead atoms. The van der Waals surface area contributed by atoms with E-state index in [4.69, 9.17) is 5.11 Å². The van der Waals surface area contributed by atoms with Crippen LogP contribution in [-0.4, -0.2) is 42.7 Å². The summed E-state index contributed by atoms with van der Waals surface area (Å²) in [5.41, 5.74) is 1.49. The molecule has 6 nitrogen and oxygen atoms in total. The summed E-state index contributed by atoms with van der Waals surface area (Å²) in [6.45, 7) is 1.83. The number of carbonyl (C=O) groups is 1. The molecule has 0 aliphatic carbocycles. The Bertz CT molecular complexity index is 833. The van der Waals surface area contributed by atoms with Gasteiger partial charge in [0.2, 0.25) is 10.0 Å². The van der Waals surface area contributed by atoms with Crippen LogP contribution in [0.4, 0.5) is 5.69 Å². The number of likely N-dealkylation sites (tertiary alicyclic amines) is 1. The third kappa shape index (κ3) is 4.59. The Balaban J connectivity index is 1.64. The number of hydrogen-bond acceptors (Lipinski definition) is 5. The molecule has 8 heteroatoms. The summed E-state index contributed by atoms with van der Waals surface area (Å²) in [6.07, 6.45) is 1.43. The van der Waals surface area contributed by atoms with Crippen molar-refractivity contribution in [2.75, 3.05) is 17.8 Å². The summed E-state index contributed by atoms with van der Waals surface area (Å²) in [5.74, 6) is -0.928. The molecule has 2 N–H and O–H groups in total. The summed E-state index contributed by atoms with van der Waals surface area (Å²) >= 11 is 1.20. The largest absolute Gasteiger partial charge is 0.477 e. The molecule has 134 valence electrons. The van der Waals surface area contributed by atoms with E-state index in [1.165, 1.54) is 11.3 Å². The number of thiophene rings is 1. The van der Waals surface area contributed by atoms with Crippen molar-refractivity contribution in [3.63, 3.8) is 0 Å². The molecule has 1 fully saturated rings. The summed E-state index contributed by atoms with van der Waals surface area (Å²) in [5, 5.41) is 10.4. The molecule has 0 radical (unpaired) electrons. The van der Waals surface area contributed by atoms with Gasteiger partial charge in [-0.1, -0.05) is 18.2 Å². The number of nitrogens with zero attached hydrogens (tertiary/aromatic N) is 1. The van der Waals surface area contributed by atoms with Crippen LogP contribution in [0.1, 0.15) is 28.1 Å². The number of rotatable bonds is 6. The van der Waals surface area contributed by atoms with Crippen molar-refractivity contribution in [3.8, 4) is 0 Å². The highest BCUT2D eigenvalue weighted by Crippen LogP contribution is 2.23. The minimum atomic E-state index is -3.45. The van der Waals surface area contributed by atoms with Crippen molar-refractivity contribution in [2.24, 2.45) is 0 Å². The second-order valence-electron chi connectivity index (χ2n) is 6.14. The number of aromatic carboxylic acids is 1. The Kier molecular flexibility index (Phi) is 5.41. The van der Waals surface area contributed by atoms with E-state index in [2.05, 4.69) is 9.62 Å². The predicted molar refractivity (Wildman–Crippen MR) is 98.6 cm³/mol. The van der Waals surface area contributed by atoms with Gasteiger partial charge in [-0.25, -0.2) is 13.2 Å². The Labute approximate surface area is 151 Å². The van der Waals surface area contributed by atoms with E-state index in [0.717, 1.165) is 18.5 Å². The highest BCUT2D eigenvalue weighted by atomic mass is 32.2. The first-order chi connectivity index (χ1) is 11.9. The minimum absolute atomic E-state index is 0.307. The SMILES string of the molecule is O=C(O)c1cc(CN2CCCC(S(=O)(=O)Nc3ccccc3)C2)cs1. The molecule has 1 saturated heterocycles. The molecule has 1 unspecified atom stereocenters. The van der Waals surface area contributed by atoms with Gasteiger partial charge in [-0.05, 0) is 48.5 Å². The molecule has 3 rings (SSSR count). The van der Waals surface area contributed by atoms with Crippen molar-refractivity contribution in [2.45, 2.75) is 24.6 Å². The van der Waals surface area contributed by atoms with Crippen molar-refractivity contribution >= 4 is 33.0 Å². The van der Waals surface area contributed by atoms with Gasteiger partial charge in [0.15, 0.2) is 0 Å². The van der Waals surface area contributed by atoms with Crippen LogP contribution in [0.5, 0.6) is 0 Å². The van der Waals surface area contributed by atoms with Gasteiger partial charge in [0.05, 0.1) is 5.25 Å². The third-order valence-electron chi connectivity index (χ3n) is 4.21. The van der Waals surface area contributed by atoms with Crippen LogP contribution in [-0.2, 0) is 16.6 Å². The summed E-state index contributed by atoms with van der Waals surface area (Å²) in [4.78, 5) is 13.4. The zero-order valence-corrected chi connectivity index (χ0v) is 15.2. The number of para-hydroxylation sites is 1. The van der Waals surface area contributed by atoms with E-state index in [1.54, 1.807) is 30.3 Å². The predicted octanol–water partition coefficient (Wildman–Crippen LogP) is 2.85. The second kappa shape index (κ2) is 7.55. The second-order valence-corrected chi connectivity index (χ2v) is 9.01. The average molecular weight is 380 g/mol. The normalized spacial score (nSPS) is 18.8. The van der Waals surface area contributed by atoms with Crippen LogP contribution in [0.25, 0.3) is 0 Å². The van der Waals surface area contributed by atoms with Gasteiger partial charge >= 0.3 is 5.97 Å². The van der Waals surface area contributed by atoms with Crippen molar-refractivity contribution in [1.82, 2.24) is 4.90 Å². The number of anilines is 1. The third-order valence-corrected chi connectivity index (χ3v) is 6.96. The minimum Gasteiger partial charge on any atom is -0.477 e. The number of piperidine rings is 1. The standard InChI is InChI=1S/C17H20N2O4S2/c20-17(21)16-9-13(12-24-16)10-19-8-4-7-15(11-19)25(22,23)18-14-5-2-1-3-6-14/h1-3,5-6,9,12,15,18H,4,7-8,10-11H2,(H,20,21). The summed E-state index contributed by atoms with van der Waals surface area (Å²) in [7, 11) is -3.45. The maximum Gasteiger partial charge on any atom is 0.345 e. The van der Waals surface area contributed by atoms with Crippen molar-refractivity contribution < 1.29 is 18.3 Å². The van der Waals surface area contributed by atoms with Gasteiger partial charge in [0.25, 0.3) is 0 Å². The van der Waals surface area contributed by atoms with E-state index in [1.807, 2.05) is 11.4 Å². The first kappa shape index (κ1) is 17.9. The lowest BCUT2D eigenvalue weighted by Crippen LogP contribution is -2.43. The van der Waals surface area contributed by atoms with Gasteiger partial charge in [0, 0.05) is 18.8 Å². The molecule has 1 atom stereocenters. The van der Waals surface area contributed by atoms with Gasteiger partial charge in [-0.3, -0.25) is 9.62 Å². The highest BCUT2D eigenvalue weighted by molar-refractivity contribution is 7.93. The van der Waals surface area contributed by atoms with Crippen LogP contribution in [0.15, 0.2) is 41.8 Å². The first-order valence-corrected chi connectivity index (χ1v) is 10.5. The fraction of sp³-hybridized carbons (Fsp3) is 0.353. The monoisotopic (exact) mass is 380 g/mol. The van der Waals surface area contributed by atoms with Crippen LogP contribution >= 0.6 is 11.3 Å². The molecule has 2 aromatic rings. The number of sulfonamides is 1. The van der Waals surface area contributed by atoms with Crippen LogP contribution in [0, 0.1) is 0 Å². The quantitative estimate of drug-likeness (QED) is 0.805. The van der Waals surface area contributed by atoms with Crippen LogP contribution in [0.2, 0.25) is 0 Å². The number of hydrogen-bond donors (Lipinski definition) is 2. The Morgan fingerprint density at radius 3 is 2.76 bits per heavy atom. The van der Waals surface area contributed by atoms with E-state index < -0.39 is 21.2 Å². The van der Waals surface area contributed by atoms with Crippen LogP contribution in [0.3, 0.4) is 0 Å². The summed E-state index contributed by atoms with van der Waals surface area (Å²) in [6, 6.07) is 10.6. The molecule has 1 aromatic heterocycles. The highest BCUT2D eigenvalue weighted by Gasteiger charge is 2.31. The summed E-state index contributed by atoms with van der Waals surface area (Å²) < 4.78 is 27.9. The molecule has 1 aliphatic rings. The van der Waals surface area contributed by atoms with E-state index in [0.29, 0.717) is 30.1 Å². The van der Waals surface area contributed by atoms with Crippen molar-refractivity contribution in [3.05, 3.63) is 52.2 Å². The lowest BCUT2D eigenvalue weighted by atomic mass is 10.1. The Morgan fingerprint density at radius 2 is 2.08 bits per heavy atom. The first-order valence-electron chi connectivity index (χ1n) is 8.04. The van der Waals surface area contributed by atoms with E-state index in [9.17, 15) is 13.2 Å². The zero-order chi connectivity index (χ0) is 17.9. The van der Waals surface area contributed by atoms with Crippen molar-refractivity contribution in [1.29, 1.82) is 0 Å². The van der Waals surface area contributed by atoms with Gasteiger partial charge in [-0.15, -0.1) is 11.3 Å². The molecule has 0 amide bonds. The average Bonchev–Trinajstić information content (AvgIpc) is 3.04. The number of benzene rings is 1. The molecule has 25 heavy (non-hydrogen) atoms. The topological polar surface area (TPSA) is 86.7 Å². The molecule has 0 saturated carbocycles. The number of carboxylic acids is 1. The molecule has 1 aromatic carbocycles. The number of carboxylic acid groups (broad SMARTS) is 1. The number of nitrogens with one attached hydrogen (secondary N) is 1. The fourth-order valence-corrected chi connectivity index (χ4v) is 5.25. The smallest absolute Gasteiger partial charge is 0.345 e. The maximum atomic E-state index is 12.6. The molecular weight excluding hydrogens is 360 g/mol. The molecule has 2 heterocycles. The van der Waals surface area contributed by atoms with Gasteiger partial charge < -0.3 is 5.11 Å². The zero-order valence-electron chi connectivity index (χ0n) is 13.6. The fourth-order valence-electron chi connectivity index (χ4n) is 2.99. The van der Waals surface area contributed by atoms with Gasteiger partial charge in [-0.2, -0.15) is 0 Å². The lowest BCUT2D eigenvalue weighted by Gasteiger charge is -2.32.